The van der Waals surface area contributed by atoms with Crippen LogP contribution in [0.25, 0.3) is 10.4 Å². The summed E-state index contributed by atoms with van der Waals surface area (Å²) in [4.78, 5) is 21.9. The lowest BCUT2D eigenvalue weighted by atomic mass is 10.1. The molecule has 1 amide bonds. The second-order valence-electron chi connectivity index (χ2n) is 6.15. The Morgan fingerprint density at radius 2 is 1.93 bits per heavy atom. The number of benzene rings is 2. The molecule has 1 N–H and O–H groups in total. The highest BCUT2D eigenvalue weighted by Crippen LogP contribution is 2.35. The molecule has 0 aliphatic carbocycles. The summed E-state index contributed by atoms with van der Waals surface area (Å²) in [5.41, 5.74) is 1.80. The molecule has 0 saturated carbocycles. The van der Waals surface area contributed by atoms with Crippen molar-refractivity contribution in [3.63, 3.8) is 0 Å². The fourth-order valence-electron chi connectivity index (χ4n) is 2.85. The van der Waals surface area contributed by atoms with E-state index >= 15 is 0 Å². The maximum atomic E-state index is 13.9. The standard InChI is InChI=1S/C20H15F2N3O2S/c1-11-4-2-5-12(10-11)17-16(19-23-8-9-27-19)24-20(28-17)25-18(26)15-13(21)6-3-7-14(15)22/h2-7,10H,8-9H2,1H3,(H,24,25,26). The predicted molar refractivity (Wildman–Crippen MR) is 104 cm³/mol. The van der Waals surface area contributed by atoms with Gasteiger partial charge in [-0.2, -0.15) is 0 Å². The van der Waals surface area contributed by atoms with Gasteiger partial charge in [-0.1, -0.05) is 47.2 Å². The summed E-state index contributed by atoms with van der Waals surface area (Å²) in [6.07, 6.45) is 0. The molecule has 0 spiro atoms. The number of hydrogen-bond donors (Lipinski definition) is 1. The van der Waals surface area contributed by atoms with Crippen LogP contribution in [0.5, 0.6) is 0 Å². The van der Waals surface area contributed by atoms with E-state index < -0.39 is 23.1 Å². The Balaban J connectivity index is 1.72. The molecule has 3 aromatic rings. The quantitative estimate of drug-likeness (QED) is 0.706. The third-order valence-electron chi connectivity index (χ3n) is 4.11. The highest BCUT2D eigenvalue weighted by molar-refractivity contribution is 7.19. The third-order valence-corrected chi connectivity index (χ3v) is 5.13. The van der Waals surface area contributed by atoms with Crippen molar-refractivity contribution in [2.45, 2.75) is 6.92 Å². The number of nitrogens with zero attached hydrogens (tertiary/aromatic N) is 2. The van der Waals surface area contributed by atoms with Gasteiger partial charge in [0.1, 0.15) is 29.5 Å². The van der Waals surface area contributed by atoms with E-state index in [1.54, 1.807) is 0 Å². The van der Waals surface area contributed by atoms with Crippen LogP contribution in [0.15, 0.2) is 47.5 Å². The van der Waals surface area contributed by atoms with Gasteiger partial charge in [-0.3, -0.25) is 10.1 Å². The van der Waals surface area contributed by atoms with Gasteiger partial charge in [0.25, 0.3) is 5.91 Å². The number of aryl methyl sites for hydroxylation is 1. The van der Waals surface area contributed by atoms with Gasteiger partial charge in [0.2, 0.25) is 5.90 Å². The number of rotatable bonds is 4. The minimum atomic E-state index is -0.934. The lowest BCUT2D eigenvalue weighted by Crippen LogP contribution is -2.16. The average molecular weight is 399 g/mol. The molecule has 4 rings (SSSR count). The largest absolute Gasteiger partial charge is 0.474 e. The molecule has 0 bridgehead atoms. The van der Waals surface area contributed by atoms with E-state index in [-0.39, 0.29) is 5.13 Å². The van der Waals surface area contributed by atoms with Crippen molar-refractivity contribution in [3.8, 4) is 10.4 Å². The maximum Gasteiger partial charge on any atom is 0.263 e. The SMILES string of the molecule is Cc1cccc(-c2sc(NC(=O)c3c(F)cccc3F)nc2C2=NCCO2)c1. The maximum absolute atomic E-state index is 13.9. The summed E-state index contributed by atoms with van der Waals surface area (Å²) < 4.78 is 33.3. The molecule has 1 aliphatic rings. The lowest BCUT2D eigenvalue weighted by Gasteiger charge is -2.04. The second-order valence-corrected chi connectivity index (χ2v) is 7.15. The average Bonchev–Trinajstić information content (AvgIpc) is 3.31. The molecule has 0 fully saturated rings. The van der Waals surface area contributed by atoms with Gasteiger partial charge < -0.3 is 4.74 Å². The Bertz CT molecular complexity index is 1070. The zero-order valence-electron chi connectivity index (χ0n) is 14.8. The van der Waals surface area contributed by atoms with Gasteiger partial charge in [-0.25, -0.2) is 18.8 Å². The van der Waals surface area contributed by atoms with E-state index in [0.717, 1.165) is 28.1 Å². The second kappa shape index (κ2) is 7.47. The van der Waals surface area contributed by atoms with Gasteiger partial charge in [0, 0.05) is 0 Å². The first-order chi connectivity index (χ1) is 13.5. The Hall–Kier alpha value is -3.13. The molecule has 142 valence electrons. The van der Waals surface area contributed by atoms with Crippen LogP contribution in [0.3, 0.4) is 0 Å². The topological polar surface area (TPSA) is 63.6 Å². The molecular formula is C20H15F2N3O2S. The van der Waals surface area contributed by atoms with Crippen molar-refractivity contribution in [1.82, 2.24) is 4.98 Å². The molecule has 5 nitrogen and oxygen atoms in total. The van der Waals surface area contributed by atoms with E-state index in [2.05, 4.69) is 15.3 Å². The normalized spacial score (nSPS) is 13.2. The molecule has 2 aromatic carbocycles. The van der Waals surface area contributed by atoms with Crippen LogP contribution in [-0.4, -0.2) is 29.9 Å². The van der Waals surface area contributed by atoms with Gasteiger partial charge in [-0.15, -0.1) is 0 Å². The number of thiazole rings is 1. The van der Waals surface area contributed by atoms with Crippen LogP contribution in [-0.2, 0) is 4.74 Å². The van der Waals surface area contributed by atoms with Gasteiger partial charge >= 0.3 is 0 Å². The number of carbonyl (C=O) groups excluding carboxylic acids is 1. The molecule has 1 aliphatic heterocycles. The Morgan fingerprint density at radius 3 is 2.61 bits per heavy atom. The summed E-state index contributed by atoms with van der Waals surface area (Å²) in [5, 5.41) is 2.69. The number of aromatic nitrogens is 1. The van der Waals surface area contributed by atoms with Crippen molar-refractivity contribution in [2.75, 3.05) is 18.5 Å². The van der Waals surface area contributed by atoms with E-state index in [1.807, 2.05) is 31.2 Å². The van der Waals surface area contributed by atoms with E-state index in [1.165, 1.54) is 17.4 Å². The van der Waals surface area contributed by atoms with Crippen LogP contribution >= 0.6 is 11.3 Å². The van der Waals surface area contributed by atoms with Gasteiger partial charge in [0.15, 0.2) is 5.13 Å². The Kier molecular flexibility index (Phi) is 4.87. The number of carbonyl (C=O) groups is 1. The number of nitrogens with one attached hydrogen (secondary N) is 1. The Labute approximate surface area is 163 Å². The van der Waals surface area contributed by atoms with Crippen LogP contribution < -0.4 is 5.32 Å². The van der Waals surface area contributed by atoms with Gasteiger partial charge in [0.05, 0.1) is 11.4 Å². The zero-order chi connectivity index (χ0) is 19.7. The van der Waals surface area contributed by atoms with Crippen molar-refractivity contribution in [2.24, 2.45) is 4.99 Å². The summed E-state index contributed by atoms with van der Waals surface area (Å²) in [7, 11) is 0. The number of aliphatic imine (C=N–C) groups is 1. The summed E-state index contributed by atoms with van der Waals surface area (Å²) >= 11 is 1.19. The number of hydrogen-bond acceptors (Lipinski definition) is 5. The molecule has 0 radical (unpaired) electrons. The summed E-state index contributed by atoms with van der Waals surface area (Å²) in [6, 6.07) is 11.1. The molecule has 0 saturated heterocycles. The zero-order valence-corrected chi connectivity index (χ0v) is 15.6. The van der Waals surface area contributed by atoms with Crippen molar-refractivity contribution >= 4 is 28.3 Å². The molecule has 1 aromatic heterocycles. The molecule has 8 heteroatoms. The monoisotopic (exact) mass is 399 g/mol. The first-order valence-corrected chi connectivity index (χ1v) is 9.35. The summed E-state index contributed by atoms with van der Waals surface area (Å²) in [6.45, 7) is 2.96. The Morgan fingerprint density at radius 1 is 1.18 bits per heavy atom. The molecule has 2 heterocycles. The minimum absolute atomic E-state index is 0.206. The van der Waals surface area contributed by atoms with Crippen LogP contribution in [0.1, 0.15) is 21.6 Å². The van der Waals surface area contributed by atoms with E-state index in [9.17, 15) is 13.6 Å². The van der Waals surface area contributed by atoms with Gasteiger partial charge in [-0.05, 0) is 24.6 Å². The first-order valence-electron chi connectivity index (χ1n) is 8.54. The highest BCUT2D eigenvalue weighted by atomic mass is 32.1. The fourth-order valence-corrected chi connectivity index (χ4v) is 3.80. The van der Waals surface area contributed by atoms with E-state index in [0.29, 0.717) is 24.7 Å². The lowest BCUT2D eigenvalue weighted by molar-refractivity contribution is 0.101. The smallest absolute Gasteiger partial charge is 0.263 e. The fraction of sp³-hybridized carbons (Fsp3) is 0.150. The number of anilines is 1. The van der Waals surface area contributed by atoms with Crippen LogP contribution in [0.2, 0.25) is 0 Å². The van der Waals surface area contributed by atoms with Crippen molar-refractivity contribution < 1.29 is 18.3 Å². The van der Waals surface area contributed by atoms with Crippen LogP contribution in [0, 0.1) is 18.6 Å². The number of halogens is 2. The molecule has 28 heavy (non-hydrogen) atoms. The molecule has 0 unspecified atom stereocenters. The predicted octanol–water partition coefficient (Wildman–Crippen LogP) is 4.43. The third kappa shape index (κ3) is 3.50. The van der Waals surface area contributed by atoms with Crippen molar-refractivity contribution in [1.29, 1.82) is 0 Å². The highest BCUT2D eigenvalue weighted by Gasteiger charge is 2.24. The van der Waals surface area contributed by atoms with Crippen molar-refractivity contribution in [3.05, 3.63) is 70.9 Å². The molecule has 0 atom stereocenters. The summed E-state index contributed by atoms with van der Waals surface area (Å²) in [5.74, 6) is -2.38. The van der Waals surface area contributed by atoms with Crippen LogP contribution in [0.4, 0.5) is 13.9 Å². The number of ether oxygens (including phenoxy) is 1. The minimum Gasteiger partial charge on any atom is -0.474 e. The van der Waals surface area contributed by atoms with E-state index in [4.69, 9.17) is 4.74 Å². The number of amides is 1. The first kappa shape index (κ1) is 18.2. The molecular weight excluding hydrogens is 384 g/mol.